The van der Waals surface area contributed by atoms with Gasteiger partial charge in [-0.2, -0.15) is 0 Å². The first-order chi connectivity index (χ1) is 8.16. The van der Waals surface area contributed by atoms with Crippen molar-refractivity contribution in [1.29, 1.82) is 0 Å². The van der Waals surface area contributed by atoms with Gasteiger partial charge in [0.15, 0.2) is 0 Å². The second kappa shape index (κ2) is 5.10. The highest BCUT2D eigenvalue weighted by atomic mass is 32.2. The standard InChI is InChI=1S/C13H12O3S/c1-9-7-10(16-12(9)13(14)15)8-17-11-5-3-2-4-6-11/h2-7H,8H2,1H3,(H,14,15). The number of rotatable bonds is 4. The van der Waals surface area contributed by atoms with E-state index in [1.54, 1.807) is 24.8 Å². The van der Waals surface area contributed by atoms with E-state index in [0.717, 1.165) is 4.90 Å². The number of aryl methyl sites for hydroxylation is 1. The lowest BCUT2D eigenvalue weighted by atomic mass is 10.3. The molecule has 0 amide bonds. The van der Waals surface area contributed by atoms with Crippen LogP contribution in [0.5, 0.6) is 0 Å². The third-order valence-corrected chi connectivity index (χ3v) is 3.32. The highest BCUT2D eigenvalue weighted by Crippen LogP contribution is 2.25. The van der Waals surface area contributed by atoms with Crippen molar-refractivity contribution in [1.82, 2.24) is 0 Å². The molecule has 1 aromatic heterocycles. The van der Waals surface area contributed by atoms with E-state index >= 15 is 0 Å². The molecule has 0 unspecified atom stereocenters. The lowest BCUT2D eigenvalue weighted by Crippen LogP contribution is -1.94. The molecule has 0 aliphatic heterocycles. The predicted molar refractivity (Wildman–Crippen MR) is 66.4 cm³/mol. The van der Waals surface area contributed by atoms with Crippen molar-refractivity contribution < 1.29 is 14.3 Å². The summed E-state index contributed by atoms with van der Waals surface area (Å²) < 4.78 is 5.28. The van der Waals surface area contributed by atoms with Gasteiger partial charge < -0.3 is 9.52 Å². The van der Waals surface area contributed by atoms with Crippen LogP contribution in [0, 0.1) is 6.92 Å². The number of carboxylic acid groups (broad SMARTS) is 1. The van der Waals surface area contributed by atoms with Gasteiger partial charge in [-0.05, 0) is 25.1 Å². The summed E-state index contributed by atoms with van der Waals surface area (Å²) in [6, 6.07) is 11.7. The van der Waals surface area contributed by atoms with Crippen LogP contribution in [0.15, 0.2) is 45.7 Å². The summed E-state index contributed by atoms with van der Waals surface area (Å²) in [5.41, 5.74) is 0.668. The van der Waals surface area contributed by atoms with Crippen molar-refractivity contribution in [2.45, 2.75) is 17.6 Å². The summed E-state index contributed by atoms with van der Waals surface area (Å²) >= 11 is 1.62. The number of furan rings is 1. The second-order valence-corrected chi connectivity index (χ2v) is 4.68. The fourth-order valence-electron chi connectivity index (χ4n) is 1.50. The molecule has 0 bridgehead atoms. The average Bonchev–Trinajstić information content (AvgIpc) is 2.69. The van der Waals surface area contributed by atoms with E-state index in [1.807, 2.05) is 30.3 Å². The number of benzene rings is 1. The molecule has 0 fully saturated rings. The molecule has 0 radical (unpaired) electrons. The maximum Gasteiger partial charge on any atom is 0.372 e. The first-order valence-corrected chi connectivity index (χ1v) is 6.16. The molecule has 17 heavy (non-hydrogen) atoms. The molecule has 88 valence electrons. The Labute approximate surface area is 103 Å². The maximum atomic E-state index is 10.8. The van der Waals surface area contributed by atoms with E-state index in [9.17, 15) is 4.79 Å². The summed E-state index contributed by atoms with van der Waals surface area (Å²) in [6.07, 6.45) is 0. The minimum Gasteiger partial charge on any atom is -0.475 e. The summed E-state index contributed by atoms with van der Waals surface area (Å²) in [6.45, 7) is 1.74. The van der Waals surface area contributed by atoms with E-state index in [2.05, 4.69) is 0 Å². The Hall–Kier alpha value is -1.68. The molecule has 1 aromatic carbocycles. The zero-order valence-electron chi connectivity index (χ0n) is 9.34. The van der Waals surface area contributed by atoms with Gasteiger partial charge in [0.1, 0.15) is 5.76 Å². The third kappa shape index (κ3) is 2.91. The molecule has 0 saturated carbocycles. The Morgan fingerprint density at radius 1 is 1.35 bits per heavy atom. The lowest BCUT2D eigenvalue weighted by molar-refractivity contribution is 0.0659. The van der Waals surface area contributed by atoms with Crippen LogP contribution in [-0.4, -0.2) is 11.1 Å². The first-order valence-electron chi connectivity index (χ1n) is 5.17. The fraction of sp³-hybridized carbons (Fsp3) is 0.154. The van der Waals surface area contributed by atoms with Crippen molar-refractivity contribution >= 4 is 17.7 Å². The number of aromatic carboxylic acids is 1. The van der Waals surface area contributed by atoms with Crippen LogP contribution in [0.2, 0.25) is 0 Å². The van der Waals surface area contributed by atoms with Crippen LogP contribution in [0.1, 0.15) is 21.9 Å². The second-order valence-electron chi connectivity index (χ2n) is 3.63. The zero-order valence-corrected chi connectivity index (χ0v) is 10.2. The molecule has 4 heteroatoms. The summed E-state index contributed by atoms with van der Waals surface area (Å²) in [5, 5.41) is 8.86. The molecular weight excluding hydrogens is 236 g/mol. The monoisotopic (exact) mass is 248 g/mol. The van der Waals surface area contributed by atoms with Gasteiger partial charge in [0, 0.05) is 10.5 Å². The van der Waals surface area contributed by atoms with Crippen molar-refractivity contribution in [3.05, 3.63) is 53.5 Å². The number of hydrogen-bond acceptors (Lipinski definition) is 3. The molecule has 1 heterocycles. The molecule has 2 aromatic rings. The zero-order chi connectivity index (χ0) is 12.3. The topological polar surface area (TPSA) is 50.4 Å². The maximum absolute atomic E-state index is 10.8. The van der Waals surface area contributed by atoms with Gasteiger partial charge in [-0.3, -0.25) is 0 Å². The Bertz CT molecular complexity index is 517. The summed E-state index contributed by atoms with van der Waals surface area (Å²) in [4.78, 5) is 11.9. The third-order valence-electron chi connectivity index (χ3n) is 2.29. The molecule has 0 aliphatic carbocycles. The van der Waals surface area contributed by atoms with Crippen LogP contribution in [-0.2, 0) is 5.75 Å². The van der Waals surface area contributed by atoms with E-state index in [4.69, 9.17) is 9.52 Å². The van der Waals surface area contributed by atoms with Gasteiger partial charge >= 0.3 is 5.97 Å². The van der Waals surface area contributed by atoms with Crippen LogP contribution >= 0.6 is 11.8 Å². The first kappa shape index (κ1) is 11.8. The minimum atomic E-state index is -1.02. The minimum absolute atomic E-state index is 0.0358. The van der Waals surface area contributed by atoms with Crippen LogP contribution < -0.4 is 0 Å². The Morgan fingerprint density at radius 2 is 2.06 bits per heavy atom. The number of hydrogen-bond donors (Lipinski definition) is 1. The highest BCUT2D eigenvalue weighted by Gasteiger charge is 2.14. The summed E-state index contributed by atoms with van der Waals surface area (Å²) in [7, 11) is 0. The molecule has 3 nitrogen and oxygen atoms in total. The van der Waals surface area contributed by atoms with E-state index in [-0.39, 0.29) is 5.76 Å². The van der Waals surface area contributed by atoms with Crippen LogP contribution in [0.3, 0.4) is 0 Å². The Morgan fingerprint density at radius 3 is 2.65 bits per heavy atom. The van der Waals surface area contributed by atoms with Gasteiger partial charge in [-0.1, -0.05) is 18.2 Å². The highest BCUT2D eigenvalue weighted by molar-refractivity contribution is 7.98. The van der Waals surface area contributed by atoms with Gasteiger partial charge in [-0.15, -0.1) is 11.8 Å². The number of thioether (sulfide) groups is 1. The predicted octanol–water partition coefficient (Wildman–Crippen LogP) is 3.58. The van der Waals surface area contributed by atoms with Crippen molar-refractivity contribution in [3.8, 4) is 0 Å². The lowest BCUT2D eigenvalue weighted by Gasteiger charge is -1.97. The van der Waals surface area contributed by atoms with E-state index in [1.165, 1.54) is 0 Å². The molecule has 2 rings (SSSR count). The number of carbonyl (C=O) groups is 1. The molecule has 1 N–H and O–H groups in total. The van der Waals surface area contributed by atoms with Gasteiger partial charge in [0.25, 0.3) is 0 Å². The quantitative estimate of drug-likeness (QED) is 0.840. The molecule has 0 spiro atoms. The smallest absolute Gasteiger partial charge is 0.372 e. The largest absolute Gasteiger partial charge is 0.475 e. The van der Waals surface area contributed by atoms with Crippen molar-refractivity contribution in [3.63, 3.8) is 0 Å². The van der Waals surface area contributed by atoms with E-state index < -0.39 is 5.97 Å². The van der Waals surface area contributed by atoms with Crippen LogP contribution in [0.4, 0.5) is 0 Å². The SMILES string of the molecule is Cc1cc(CSc2ccccc2)oc1C(=O)O. The van der Waals surface area contributed by atoms with Crippen molar-refractivity contribution in [2.24, 2.45) is 0 Å². The van der Waals surface area contributed by atoms with Crippen LogP contribution in [0.25, 0.3) is 0 Å². The molecular formula is C13H12O3S. The average molecular weight is 248 g/mol. The van der Waals surface area contributed by atoms with E-state index in [0.29, 0.717) is 17.1 Å². The molecule has 0 saturated heterocycles. The molecule has 0 aliphatic rings. The van der Waals surface area contributed by atoms with Gasteiger partial charge in [0.05, 0.1) is 5.75 Å². The van der Waals surface area contributed by atoms with Gasteiger partial charge in [0.2, 0.25) is 5.76 Å². The molecule has 0 atom stereocenters. The normalized spacial score (nSPS) is 10.4. The fourth-order valence-corrected chi connectivity index (χ4v) is 2.30. The Kier molecular flexibility index (Phi) is 3.54. The van der Waals surface area contributed by atoms with Crippen molar-refractivity contribution in [2.75, 3.05) is 0 Å². The summed E-state index contributed by atoms with van der Waals surface area (Å²) in [5.74, 6) is 0.346. The Balaban J connectivity index is 2.05. The number of carboxylic acids is 1. The van der Waals surface area contributed by atoms with Gasteiger partial charge in [-0.25, -0.2) is 4.79 Å².